The van der Waals surface area contributed by atoms with Gasteiger partial charge in [-0.2, -0.15) is 0 Å². The fraction of sp³-hybridized carbons (Fsp3) is 0.467. The third-order valence-corrected chi connectivity index (χ3v) is 3.45. The number of rotatable bonds is 4. The van der Waals surface area contributed by atoms with Gasteiger partial charge in [-0.15, -0.1) is 0 Å². The zero-order chi connectivity index (χ0) is 14.5. The van der Waals surface area contributed by atoms with E-state index in [-0.39, 0.29) is 11.8 Å². The summed E-state index contributed by atoms with van der Waals surface area (Å²) in [5.74, 6) is 0.406. The lowest BCUT2D eigenvalue weighted by Gasteiger charge is -2.11. The molecule has 1 aliphatic heterocycles. The first-order valence-corrected chi connectivity index (χ1v) is 6.89. The van der Waals surface area contributed by atoms with Crippen molar-refractivity contribution in [1.29, 1.82) is 0 Å². The van der Waals surface area contributed by atoms with Gasteiger partial charge in [-0.3, -0.25) is 9.59 Å². The lowest BCUT2D eigenvalue weighted by Crippen LogP contribution is -2.19. The monoisotopic (exact) mass is 275 g/mol. The van der Waals surface area contributed by atoms with Crippen molar-refractivity contribution in [2.75, 3.05) is 30.8 Å². The summed E-state index contributed by atoms with van der Waals surface area (Å²) in [4.78, 5) is 25.1. The van der Waals surface area contributed by atoms with E-state index in [1.165, 1.54) is 6.92 Å². The minimum atomic E-state index is -0.105. The van der Waals surface area contributed by atoms with Crippen molar-refractivity contribution >= 4 is 23.2 Å². The normalized spacial score (nSPS) is 18.8. The molecule has 1 atom stereocenters. The molecule has 0 radical (unpaired) electrons. The molecule has 0 saturated carbocycles. The first kappa shape index (κ1) is 14.5. The minimum Gasteiger partial charge on any atom is -0.326 e. The van der Waals surface area contributed by atoms with Gasteiger partial charge in [-0.25, -0.2) is 0 Å². The quantitative estimate of drug-likeness (QED) is 0.882. The van der Waals surface area contributed by atoms with Crippen molar-refractivity contribution in [3.05, 3.63) is 24.3 Å². The zero-order valence-corrected chi connectivity index (χ0v) is 12.0. The highest BCUT2D eigenvalue weighted by atomic mass is 16.2. The number of carbonyl (C=O) groups excluding carboxylic acids is 2. The highest BCUT2D eigenvalue weighted by Crippen LogP contribution is 2.19. The van der Waals surface area contributed by atoms with E-state index in [1.54, 1.807) is 24.3 Å². The largest absolute Gasteiger partial charge is 0.326 e. The summed E-state index contributed by atoms with van der Waals surface area (Å²) >= 11 is 0. The molecule has 2 amide bonds. The fourth-order valence-electron chi connectivity index (χ4n) is 2.51. The summed E-state index contributed by atoms with van der Waals surface area (Å²) in [6, 6.07) is 7.15. The van der Waals surface area contributed by atoms with E-state index in [9.17, 15) is 9.59 Å². The van der Waals surface area contributed by atoms with Crippen LogP contribution >= 0.6 is 0 Å². The van der Waals surface area contributed by atoms with Gasteiger partial charge in [0, 0.05) is 31.3 Å². The van der Waals surface area contributed by atoms with Crippen LogP contribution in [0.4, 0.5) is 11.4 Å². The number of carbonyl (C=O) groups is 2. The Labute approximate surface area is 119 Å². The van der Waals surface area contributed by atoms with Gasteiger partial charge in [-0.1, -0.05) is 0 Å². The molecule has 2 rings (SSSR count). The van der Waals surface area contributed by atoms with E-state index >= 15 is 0 Å². The number of amides is 2. The van der Waals surface area contributed by atoms with Crippen molar-refractivity contribution in [3.63, 3.8) is 0 Å². The van der Waals surface area contributed by atoms with E-state index in [0.29, 0.717) is 12.3 Å². The van der Waals surface area contributed by atoms with Crippen LogP contribution in [0, 0.1) is 5.92 Å². The summed E-state index contributed by atoms with van der Waals surface area (Å²) in [6.45, 7) is 3.53. The number of nitrogens with one attached hydrogen (secondary N) is 2. The zero-order valence-electron chi connectivity index (χ0n) is 12.0. The molecule has 108 valence electrons. The minimum absolute atomic E-state index is 0.0533. The number of likely N-dealkylation sites (tertiary alicyclic amines) is 1. The molecular weight excluding hydrogens is 254 g/mol. The van der Waals surface area contributed by atoms with Gasteiger partial charge in [0.2, 0.25) is 11.8 Å². The standard InChI is InChI=1S/C15H21N3O2/c1-11(19)16-13-3-5-14(6-4-13)17-15(20)9-12-7-8-18(2)10-12/h3-6,12H,7-10H2,1-2H3,(H,16,19)(H,17,20). The number of hydrogen-bond donors (Lipinski definition) is 2. The molecule has 0 aromatic heterocycles. The maximum Gasteiger partial charge on any atom is 0.224 e. The molecule has 0 spiro atoms. The Kier molecular flexibility index (Phi) is 4.74. The first-order valence-electron chi connectivity index (χ1n) is 6.89. The Balaban J connectivity index is 1.83. The Morgan fingerprint density at radius 3 is 2.30 bits per heavy atom. The Hall–Kier alpha value is -1.88. The number of hydrogen-bond acceptors (Lipinski definition) is 3. The van der Waals surface area contributed by atoms with Crippen LogP contribution in [-0.4, -0.2) is 36.9 Å². The predicted octanol–water partition coefficient (Wildman–Crippen LogP) is 1.93. The van der Waals surface area contributed by atoms with Crippen LogP contribution in [0.1, 0.15) is 19.8 Å². The molecule has 1 aromatic rings. The second-order valence-electron chi connectivity index (χ2n) is 5.43. The second kappa shape index (κ2) is 6.52. The predicted molar refractivity (Wildman–Crippen MR) is 79.6 cm³/mol. The topological polar surface area (TPSA) is 61.4 Å². The third-order valence-electron chi connectivity index (χ3n) is 3.45. The summed E-state index contributed by atoms with van der Waals surface area (Å²) in [7, 11) is 2.08. The van der Waals surface area contributed by atoms with Crippen molar-refractivity contribution in [2.45, 2.75) is 19.8 Å². The molecule has 1 aliphatic rings. The van der Waals surface area contributed by atoms with Gasteiger partial charge in [-0.05, 0) is 50.2 Å². The van der Waals surface area contributed by atoms with Crippen molar-refractivity contribution in [1.82, 2.24) is 4.90 Å². The summed E-state index contributed by atoms with van der Waals surface area (Å²) < 4.78 is 0. The molecule has 1 fully saturated rings. The molecule has 2 N–H and O–H groups in total. The van der Waals surface area contributed by atoms with Crippen molar-refractivity contribution < 1.29 is 9.59 Å². The van der Waals surface area contributed by atoms with Crippen LogP contribution in [-0.2, 0) is 9.59 Å². The van der Waals surface area contributed by atoms with Gasteiger partial charge < -0.3 is 15.5 Å². The smallest absolute Gasteiger partial charge is 0.224 e. The molecule has 1 aromatic carbocycles. The van der Waals surface area contributed by atoms with Gasteiger partial charge in [0.15, 0.2) is 0 Å². The van der Waals surface area contributed by atoms with Crippen LogP contribution in [0.5, 0.6) is 0 Å². The van der Waals surface area contributed by atoms with Gasteiger partial charge in [0.05, 0.1) is 0 Å². The molecule has 1 saturated heterocycles. The molecule has 0 aliphatic carbocycles. The second-order valence-corrected chi connectivity index (χ2v) is 5.43. The maximum atomic E-state index is 11.9. The van der Waals surface area contributed by atoms with Crippen molar-refractivity contribution in [2.24, 2.45) is 5.92 Å². The van der Waals surface area contributed by atoms with E-state index < -0.39 is 0 Å². The van der Waals surface area contributed by atoms with Crippen LogP contribution in [0.3, 0.4) is 0 Å². The first-order chi connectivity index (χ1) is 9.52. The van der Waals surface area contributed by atoms with E-state index in [0.717, 1.165) is 30.9 Å². The maximum absolute atomic E-state index is 11.9. The Bertz CT molecular complexity index is 484. The number of benzene rings is 1. The highest BCUT2D eigenvalue weighted by Gasteiger charge is 2.21. The number of nitrogens with zero attached hydrogens (tertiary/aromatic N) is 1. The average molecular weight is 275 g/mol. The third kappa shape index (κ3) is 4.35. The molecular formula is C15H21N3O2. The molecule has 1 unspecified atom stereocenters. The van der Waals surface area contributed by atoms with Crippen LogP contribution in [0.2, 0.25) is 0 Å². The summed E-state index contributed by atoms with van der Waals surface area (Å²) in [5.41, 5.74) is 1.49. The molecule has 20 heavy (non-hydrogen) atoms. The molecule has 5 heteroatoms. The molecule has 0 bridgehead atoms. The average Bonchev–Trinajstić information content (AvgIpc) is 2.76. The van der Waals surface area contributed by atoms with Gasteiger partial charge >= 0.3 is 0 Å². The Morgan fingerprint density at radius 1 is 1.20 bits per heavy atom. The molecule has 1 heterocycles. The summed E-state index contributed by atoms with van der Waals surface area (Å²) in [5, 5.41) is 5.59. The fourth-order valence-corrected chi connectivity index (χ4v) is 2.51. The Morgan fingerprint density at radius 2 is 1.80 bits per heavy atom. The van der Waals surface area contributed by atoms with E-state index in [1.807, 2.05) is 0 Å². The lowest BCUT2D eigenvalue weighted by atomic mass is 10.0. The molecule has 5 nitrogen and oxygen atoms in total. The number of anilines is 2. The summed E-state index contributed by atoms with van der Waals surface area (Å²) in [6.07, 6.45) is 1.66. The van der Waals surface area contributed by atoms with Gasteiger partial charge in [0.25, 0.3) is 0 Å². The lowest BCUT2D eigenvalue weighted by molar-refractivity contribution is -0.117. The van der Waals surface area contributed by atoms with Crippen molar-refractivity contribution in [3.8, 4) is 0 Å². The van der Waals surface area contributed by atoms with E-state index in [2.05, 4.69) is 22.6 Å². The van der Waals surface area contributed by atoms with E-state index in [4.69, 9.17) is 0 Å². The van der Waals surface area contributed by atoms with Crippen LogP contribution in [0.25, 0.3) is 0 Å². The SMILES string of the molecule is CC(=O)Nc1ccc(NC(=O)CC2CCN(C)C2)cc1. The van der Waals surface area contributed by atoms with Gasteiger partial charge in [0.1, 0.15) is 0 Å². The van der Waals surface area contributed by atoms with Crippen LogP contribution < -0.4 is 10.6 Å². The van der Waals surface area contributed by atoms with Crippen LogP contribution in [0.15, 0.2) is 24.3 Å². The highest BCUT2D eigenvalue weighted by molar-refractivity contribution is 5.92.